The van der Waals surface area contributed by atoms with Gasteiger partial charge in [0.1, 0.15) is 0 Å². The number of halogens is 1. The van der Waals surface area contributed by atoms with Gasteiger partial charge in [0.25, 0.3) is 5.56 Å². The van der Waals surface area contributed by atoms with Crippen molar-refractivity contribution in [1.82, 2.24) is 9.55 Å². The molecule has 0 saturated heterocycles. The van der Waals surface area contributed by atoms with Gasteiger partial charge in [-0.3, -0.25) is 9.78 Å². The maximum atomic E-state index is 11.9. The topological polar surface area (TPSA) is 75.1 Å². The van der Waals surface area contributed by atoms with Crippen molar-refractivity contribution >= 4 is 11.6 Å². The smallest absolute Gasteiger partial charge is 0.335 e. The molecule has 1 aromatic carbocycles. The lowest BCUT2D eigenvalue weighted by Gasteiger charge is -2.13. The zero-order valence-corrected chi connectivity index (χ0v) is 11.3. The van der Waals surface area contributed by atoms with E-state index in [-0.39, 0.29) is 11.4 Å². The Bertz CT molecular complexity index is 747. The van der Waals surface area contributed by atoms with Crippen molar-refractivity contribution in [2.75, 3.05) is 0 Å². The van der Waals surface area contributed by atoms with E-state index in [2.05, 4.69) is 4.98 Å². The van der Waals surface area contributed by atoms with E-state index in [0.717, 1.165) is 10.1 Å². The lowest BCUT2D eigenvalue weighted by Crippen LogP contribution is -2.31. The van der Waals surface area contributed by atoms with Gasteiger partial charge >= 0.3 is 5.69 Å². The molecule has 2 aromatic rings. The van der Waals surface area contributed by atoms with Crippen LogP contribution in [0.2, 0.25) is 5.02 Å². The first-order chi connectivity index (χ1) is 8.95. The van der Waals surface area contributed by atoms with Crippen molar-refractivity contribution in [2.45, 2.75) is 20.3 Å². The van der Waals surface area contributed by atoms with E-state index in [0.29, 0.717) is 17.1 Å². The molecular formula is C13H13ClN2O3. The number of aryl methyl sites for hydroxylation is 1. The molecule has 19 heavy (non-hydrogen) atoms. The Balaban J connectivity index is 2.86. The summed E-state index contributed by atoms with van der Waals surface area (Å²) in [5.74, 6) is -0.346. The second-order valence-electron chi connectivity index (χ2n) is 4.18. The van der Waals surface area contributed by atoms with Crippen LogP contribution in [0.25, 0.3) is 5.69 Å². The van der Waals surface area contributed by atoms with Crippen molar-refractivity contribution in [2.24, 2.45) is 0 Å². The molecule has 0 spiro atoms. The Morgan fingerprint density at radius 1 is 1.37 bits per heavy atom. The van der Waals surface area contributed by atoms with Crippen molar-refractivity contribution < 1.29 is 5.11 Å². The van der Waals surface area contributed by atoms with E-state index in [1.807, 2.05) is 0 Å². The van der Waals surface area contributed by atoms with Gasteiger partial charge in [-0.15, -0.1) is 0 Å². The number of nitrogens with zero attached hydrogens (tertiary/aromatic N) is 1. The van der Waals surface area contributed by atoms with Gasteiger partial charge in [-0.25, -0.2) is 9.36 Å². The summed E-state index contributed by atoms with van der Waals surface area (Å²) in [7, 11) is 0. The van der Waals surface area contributed by atoms with Crippen LogP contribution in [0.1, 0.15) is 18.1 Å². The molecule has 0 saturated carbocycles. The molecule has 0 radical (unpaired) electrons. The van der Waals surface area contributed by atoms with Crippen LogP contribution in [0.3, 0.4) is 0 Å². The summed E-state index contributed by atoms with van der Waals surface area (Å²) in [6.07, 6.45) is 0.320. The Hall–Kier alpha value is -2.01. The SMILES string of the molecule is CCc1c(O)n(-c2cc(Cl)ccc2C)c(=O)[nH]c1=O. The summed E-state index contributed by atoms with van der Waals surface area (Å²) in [5, 5.41) is 10.6. The first-order valence-corrected chi connectivity index (χ1v) is 6.17. The second-order valence-corrected chi connectivity index (χ2v) is 4.62. The molecule has 0 aliphatic carbocycles. The summed E-state index contributed by atoms with van der Waals surface area (Å²) in [6.45, 7) is 3.51. The first-order valence-electron chi connectivity index (χ1n) is 5.79. The molecule has 2 N–H and O–H groups in total. The highest BCUT2D eigenvalue weighted by Crippen LogP contribution is 2.22. The number of hydrogen-bond acceptors (Lipinski definition) is 3. The molecular weight excluding hydrogens is 268 g/mol. The third-order valence-electron chi connectivity index (χ3n) is 2.95. The molecule has 1 heterocycles. The lowest BCUT2D eigenvalue weighted by molar-refractivity contribution is 0.423. The quantitative estimate of drug-likeness (QED) is 0.880. The number of hydrogen-bond donors (Lipinski definition) is 2. The first kappa shape index (κ1) is 13.4. The van der Waals surface area contributed by atoms with E-state index in [4.69, 9.17) is 11.6 Å². The predicted octanol–water partition coefficient (Wildman–Crippen LogP) is 1.76. The van der Waals surface area contributed by atoms with Crippen LogP contribution in [0, 0.1) is 6.92 Å². The molecule has 0 bridgehead atoms. The van der Waals surface area contributed by atoms with Crippen LogP contribution < -0.4 is 11.2 Å². The molecule has 0 fully saturated rings. The number of rotatable bonds is 2. The van der Waals surface area contributed by atoms with Crippen molar-refractivity contribution in [3.05, 3.63) is 55.2 Å². The molecule has 0 unspecified atom stereocenters. The molecule has 0 aliphatic rings. The van der Waals surface area contributed by atoms with Crippen LogP contribution in [-0.4, -0.2) is 14.7 Å². The van der Waals surface area contributed by atoms with Crippen molar-refractivity contribution in [3.63, 3.8) is 0 Å². The van der Waals surface area contributed by atoms with Crippen LogP contribution in [-0.2, 0) is 6.42 Å². The Kier molecular flexibility index (Phi) is 3.48. The van der Waals surface area contributed by atoms with Crippen LogP contribution in [0.4, 0.5) is 0 Å². The highest BCUT2D eigenvalue weighted by atomic mass is 35.5. The third-order valence-corrected chi connectivity index (χ3v) is 3.18. The molecule has 6 heteroatoms. The average molecular weight is 281 g/mol. The fourth-order valence-corrected chi connectivity index (χ4v) is 2.09. The fraction of sp³-hybridized carbons (Fsp3) is 0.231. The Morgan fingerprint density at radius 3 is 2.68 bits per heavy atom. The maximum absolute atomic E-state index is 11.9. The fourth-order valence-electron chi connectivity index (χ4n) is 1.93. The standard InChI is InChI=1S/C13H13ClN2O3/c1-3-9-11(17)15-13(19)16(12(9)18)10-6-8(14)5-4-7(10)2/h4-6,18H,3H2,1-2H3,(H,15,17,19). The Morgan fingerprint density at radius 2 is 2.05 bits per heavy atom. The van der Waals surface area contributed by atoms with Crippen LogP contribution >= 0.6 is 11.6 Å². The van der Waals surface area contributed by atoms with Crippen LogP contribution in [0.15, 0.2) is 27.8 Å². The van der Waals surface area contributed by atoms with E-state index >= 15 is 0 Å². The van der Waals surface area contributed by atoms with Gasteiger partial charge in [0.2, 0.25) is 5.88 Å². The number of aromatic amines is 1. The molecule has 0 atom stereocenters. The minimum Gasteiger partial charge on any atom is -0.494 e. The largest absolute Gasteiger partial charge is 0.494 e. The van der Waals surface area contributed by atoms with Gasteiger partial charge < -0.3 is 5.11 Å². The summed E-state index contributed by atoms with van der Waals surface area (Å²) in [6, 6.07) is 4.99. The summed E-state index contributed by atoms with van der Waals surface area (Å²) in [5.41, 5.74) is 0.113. The van der Waals surface area contributed by atoms with Crippen molar-refractivity contribution in [3.8, 4) is 11.6 Å². The lowest BCUT2D eigenvalue weighted by atomic mass is 10.2. The molecule has 0 aliphatic heterocycles. The van der Waals surface area contributed by atoms with Crippen molar-refractivity contribution in [1.29, 1.82) is 0 Å². The molecule has 1 aromatic heterocycles. The third kappa shape index (κ3) is 2.29. The number of nitrogens with one attached hydrogen (secondary N) is 1. The Labute approximate surface area is 114 Å². The van der Waals surface area contributed by atoms with E-state index in [1.165, 1.54) is 0 Å². The number of aromatic hydroxyl groups is 1. The molecule has 5 nitrogen and oxygen atoms in total. The zero-order valence-electron chi connectivity index (χ0n) is 10.5. The second kappa shape index (κ2) is 4.93. The summed E-state index contributed by atoms with van der Waals surface area (Å²) < 4.78 is 1.06. The number of H-pyrrole nitrogens is 1. The minimum atomic E-state index is -0.690. The molecule has 0 amide bonds. The summed E-state index contributed by atoms with van der Waals surface area (Å²) in [4.78, 5) is 25.7. The highest BCUT2D eigenvalue weighted by molar-refractivity contribution is 6.30. The minimum absolute atomic E-state index is 0.166. The van der Waals surface area contributed by atoms with Gasteiger partial charge in [-0.1, -0.05) is 24.6 Å². The monoisotopic (exact) mass is 280 g/mol. The number of aromatic nitrogens is 2. The predicted molar refractivity (Wildman–Crippen MR) is 73.4 cm³/mol. The molecule has 100 valence electrons. The zero-order chi connectivity index (χ0) is 14.2. The van der Waals surface area contributed by atoms with E-state index < -0.39 is 11.2 Å². The molecule has 2 rings (SSSR count). The van der Waals surface area contributed by atoms with Gasteiger partial charge in [0.05, 0.1) is 11.3 Å². The maximum Gasteiger partial charge on any atom is 0.335 e. The average Bonchev–Trinajstić information content (AvgIpc) is 2.33. The van der Waals surface area contributed by atoms with Gasteiger partial charge in [-0.2, -0.15) is 0 Å². The summed E-state index contributed by atoms with van der Waals surface area (Å²) >= 11 is 5.91. The highest BCUT2D eigenvalue weighted by Gasteiger charge is 2.15. The van der Waals surface area contributed by atoms with E-state index in [1.54, 1.807) is 32.0 Å². The van der Waals surface area contributed by atoms with Crippen LogP contribution in [0.5, 0.6) is 5.88 Å². The van der Waals surface area contributed by atoms with E-state index in [9.17, 15) is 14.7 Å². The normalized spacial score (nSPS) is 10.7. The van der Waals surface area contributed by atoms with Gasteiger partial charge in [0.15, 0.2) is 0 Å². The van der Waals surface area contributed by atoms with Gasteiger partial charge in [-0.05, 0) is 31.0 Å². The van der Waals surface area contributed by atoms with Gasteiger partial charge in [0, 0.05) is 5.02 Å². The number of benzene rings is 1.